The van der Waals surface area contributed by atoms with Gasteiger partial charge in [-0.05, 0) is 41.3 Å². The number of methoxy groups -OCH3 is 1. The number of aromatic nitrogens is 4. The number of nitrogens with zero attached hydrogens (tertiary/aromatic N) is 4. The number of rotatable bonds is 7. The summed E-state index contributed by atoms with van der Waals surface area (Å²) in [7, 11) is 1.59. The first-order chi connectivity index (χ1) is 16.1. The number of carbonyl (C=O) groups excluding carboxylic acids is 1. The predicted octanol–water partition coefficient (Wildman–Crippen LogP) is 3.89. The molecule has 3 aromatic heterocycles. The van der Waals surface area contributed by atoms with E-state index in [4.69, 9.17) is 4.74 Å². The van der Waals surface area contributed by atoms with Gasteiger partial charge >= 0.3 is 0 Å². The van der Waals surface area contributed by atoms with E-state index in [2.05, 4.69) is 15.5 Å². The van der Waals surface area contributed by atoms with Crippen LogP contribution in [0.3, 0.4) is 0 Å². The van der Waals surface area contributed by atoms with E-state index in [0.29, 0.717) is 27.9 Å². The van der Waals surface area contributed by atoms with Crippen molar-refractivity contribution in [2.24, 2.45) is 0 Å². The zero-order valence-corrected chi connectivity index (χ0v) is 19.2. The Balaban J connectivity index is 1.43. The van der Waals surface area contributed by atoms with Crippen molar-refractivity contribution in [3.63, 3.8) is 0 Å². The fourth-order valence-electron chi connectivity index (χ4n) is 3.50. The molecule has 5 aromatic rings. The van der Waals surface area contributed by atoms with E-state index in [1.165, 1.54) is 23.1 Å². The summed E-state index contributed by atoms with van der Waals surface area (Å²) in [5.41, 5.74) is 2.32. The molecule has 5 rings (SSSR count). The summed E-state index contributed by atoms with van der Waals surface area (Å²) in [6, 6.07) is 18.8. The molecule has 8 nitrogen and oxygen atoms in total. The summed E-state index contributed by atoms with van der Waals surface area (Å²) in [5, 5.41) is 13.9. The minimum atomic E-state index is -0.166. The number of ether oxygens (including phenoxy) is 1. The maximum Gasteiger partial charge on any atom is 0.273 e. The highest BCUT2D eigenvalue weighted by Gasteiger charge is 2.18. The number of carbonyl (C=O) groups is 1. The van der Waals surface area contributed by atoms with E-state index in [0.717, 1.165) is 16.8 Å². The van der Waals surface area contributed by atoms with Gasteiger partial charge in [0, 0.05) is 5.69 Å². The number of hydrogen-bond acceptors (Lipinski definition) is 7. The molecule has 0 aliphatic carbocycles. The molecule has 0 aliphatic heterocycles. The van der Waals surface area contributed by atoms with Gasteiger partial charge in [-0.2, -0.15) is 0 Å². The molecule has 0 saturated heterocycles. The normalized spacial score (nSPS) is 11.2. The van der Waals surface area contributed by atoms with Crippen LogP contribution < -0.4 is 15.6 Å². The Morgan fingerprint density at radius 1 is 1.09 bits per heavy atom. The Hall–Kier alpha value is -3.63. The zero-order valence-electron chi connectivity index (χ0n) is 17.6. The van der Waals surface area contributed by atoms with Crippen LogP contribution in [0.25, 0.3) is 16.0 Å². The molecule has 1 amide bonds. The Labute approximate surface area is 196 Å². The monoisotopic (exact) mass is 477 g/mol. The average molecular weight is 478 g/mol. The minimum absolute atomic E-state index is 0.0995. The number of thioether (sulfide) groups is 1. The molecule has 1 N–H and O–H groups in total. The molecular formula is C23H19N5O3S2. The topological polar surface area (TPSA) is 90.5 Å². The number of hydrogen-bond donors (Lipinski definition) is 1. The molecular weight excluding hydrogens is 458 g/mol. The second-order valence-electron chi connectivity index (χ2n) is 7.20. The van der Waals surface area contributed by atoms with Crippen LogP contribution in [0.2, 0.25) is 0 Å². The van der Waals surface area contributed by atoms with Gasteiger partial charge in [0.2, 0.25) is 11.7 Å². The largest absolute Gasteiger partial charge is 0.497 e. The van der Waals surface area contributed by atoms with Crippen molar-refractivity contribution in [1.82, 2.24) is 19.2 Å². The maximum atomic E-state index is 13.1. The van der Waals surface area contributed by atoms with Crippen molar-refractivity contribution in [2.75, 3.05) is 18.2 Å². The van der Waals surface area contributed by atoms with Crippen LogP contribution in [0.4, 0.5) is 5.69 Å². The summed E-state index contributed by atoms with van der Waals surface area (Å²) in [5.74, 6) is 1.16. The van der Waals surface area contributed by atoms with E-state index in [9.17, 15) is 9.59 Å². The third kappa shape index (κ3) is 4.22. The first-order valence-corrected chi connectivity index (χ1v) is 12.0. The van der Waals surface area contributed by atoms with Gasteiger partial charge < -0.3 is 10.1 Å². The summed E-state index contributed by atoms with van der Waals surface area (Å²) < 4.78 is 9.24. The summed E-state index contributed by atoms with van der Waals surface area (Å²) >= 11 is 2.66. The van der Waals surface area contributed by atoms with Crippen LogP contribution in [-0.4, -0.2) is 37.9 Å². The van der Waals surface area contributed by atoms with Crippen LogP contribution in [-0.2, 0) is 11.3 Å². The molecule has 2 aromatic carbocycles. The standard InChI is InChI=1S/C23H19N5O3S2/c1-31-17-9-7-16(8-10-17)24-19(29)14-33-23-26-25-22-27(13-15-5-3-2-4-6-15)21(30)20-18(28(22)23)11-12-32-20/h2-12H,13-14H2,1H3,(H,24,29). The number of amides is 1. The highest BCUT2D eigenvalue weighted by Crippen LogP contribution is 2.25. The maximum absolute atomic E-state index is 13.1. The van der Waals surface area contributed by atoms with Gasteiger partial charge in [-0.15, -0.1) is 21.5 Å². The van der Waals surface area contributed by atoms with Crippen LogP contribution >= 0.6 is 23.1 Å². The molecule has 10 heteroatoms. The van der Waals surface area contributed by atoms with E-state index in [1.54, 1.807) is 35.9 Å². The van der Waals surface area contributed by atoms with E-state index in [1.807, 2.05) is 46.2 Å². The highest BCUT2D eigenvalue weighted by molar-refractivity contribution is 7.99. The lowest BCUT2D eigenvalue weighted by Gasteiger charge is -2.09. The second kappa shape index (κ2) is 9.08. The average Bonchev–Trinajstić information content (AvgIpc) is 3.49. The van der Waals surface area contributed by atoms with Crippen LogP contribution in [0.5, 0.6) is 5.75 Å². The lowest BCUT2D eigenvalue weighted by atomic mass is 10.2. The fourth-order valence-corrected chi connectivity index (χ4v) is 5.07. The van der Waals surface area contributed by atoms with Crippen molar-refractivity contribution in [2.45, 2.75) is 11.7 Å². The van der Waals surface area contributed by atoms with Gasteiger partial charge in [0.25, 0.3) is 5.56 Å². The number of benzene rings is 2. The van der Waals surface area contributed by atoms with Gasteiger partial charge in [-0.25, -0.2) is 0 Å². The lowest BCUT2D eigenvalue weighted by molar-refractivity contribution is -0.113. The minimum Gasteiger partial charge on any atom is -0.497 e. The van der Waals surface area contributed by atoms with Gasteiger partial charge in [0.05, 0.1) is 24.9 Å². The molecule has 0 spiro atoms. The van der Waals surface area contributed by atoms with Gasteiger partial charge in [0.15, 0.2) is 5.16 Å². The fraction of sp³-hybridized carbons (Fsp3) is 0.130. The van der Waals surface area contributed by atoms with Crippen molar-refractivity contribution in [3.05, 3.63) is 82.0 Å². The van der Waals surface area contributed by atoms with Crippen LogP contribution in [0, 0.1) is 0 Å². The predicted molar refractivity (Wildman–Crippen MR) is 131 cm³/mol. The van der Waals surface area contributed by atoms with Crippen molar-refractivity contribution in [3.8, 4) is 5.75 Å². The Morgan fingerprint density at radius 2 is 1.88 bits per heavy atom. The number of fused-ring (bicyclic) bond motifs is 3. The molecule has 166 valence electrons. The first-order valence-electron chi connectivity index (χ1n) is 10.1. The quantitative estimate of drug-likeness (QED) is 0.358. The third-order valence-electron chi connectivity index (χ3n) is 5.07. The lowest BCUT2D eigenvalue weighted by Crippen LogP contribution is -2.23. The summed E-state index contributed by atoms with van der Waals surface area (Å²) in [4.78, 5) is 25.6. The van der Waals surface area contributed by atoms with Crippen molar-refractivity contribution in [1.29, 1.82) is 0 Å². The third-order valence-corrected chi connectivity index (χ3v) is 6.89. The SMILES string of the molecule is COc1ccc(NC(=O)CSc2nnc3n(Cc4ccccc4)c(=O)c4sccc4n23)cc1. The number of nitrogens with one attached hydrogen (secondary N) is 1. The number of thiophene rings is 1. The molecule has 3 heterocycles. The zero-order chi connectivity index (χ0) is 22.8. The van der Waals surface area contributed by atoms with Crippen LogP contribution in [0.15, 0.2) is 76.0 Å². The second-order valence-corrected chi connectivity index (χ2v) is 9.05. The first kappa shape index (κ1) is 21.2. The van der Waals surface area contributed by atoms with E-state index in [-0.39, 0.29) is 17.2 Å². The molecule has 0 bridgehead atoms. The van der Waals surface area contributed by atoms with Crippen molar-refractivity contribution < 1.29 is 9.53 Å². The van der Waals surface area contributed by atoms with Gasteiger partial charge in [-0.3, -0.25) is 18.6 Å². The molecule has 0 unspecified atom stereocenters. The van der Waals surface area contributed by atoms with E-state index >= 15 is 0 Å². The molecule has 0 aliphatic rings. The molecule has 0 atom stereocenters. The smallest absolute Gasteiger partial charge is 0.273 e. The summed E-state index contributed by atoms with van der Waals surface area (Å²) in [6.07, 6.45) is 0. The Kier molecular flexibility index (Phi) is 5.84. The molecule has 0 fully saturated rings. The Bertz CT molecular complexity index is 1490. The highest BCUT2D eigenvalue weighted by atomic mass is 32.2. The van der Waals surface area contributed by atoms with Gasteiger partial charge in [-0.1, -0.05) is 42.1 Å². The van der Waals surface area contributed by atoms with E-state index < -0.39 is 0 Å². The molecule has 33 heavy (non-hydrogen) atoms. The molecule has 0 radical (unpaired) electrons. The van der Waals surface area contributed by atoms with Gasteiger partial charge in [0.1, 0.15) is 10.4 Å². The summed E-state index contributed by atoms with van der Waals surface area (Å²) in [6.45, 7) is 0.387. The Morgan fingerprint density at radius 3 is 2.64 bits per heavy atom. The number of anilines is 1. The van der Waals surface area contributed by atoms with Crippen molar-refractivity contribution >= 4 is 50.7 Å². The molecule has 0 saturated carbocycles. The van der Waals surface area contributed by atoms with Crippen LogP contribution in [0.1, 0.15) is 5.56 Å².